The highest BCUT2D eigenvalue weighted by atomic mass is 32.1. The minimum absolute atomic E-state index is 0.0346. The molecule has 1 fully saturated rings. The van der Waals surface area contributed by atoms with Gasteiger partial charge in [0.1, 0.15) is 12.1 Å². The molecule has 3 aromatic rings. The zero-order valence-corrected chi connectivity index (χ0v) is 18.2. The van der Waals surface area contributed by atoms with Gasteiger partial charge in [0.05, 0.1) is 25.1 Å². The van der Waals surface area contributed by atoms with E-state index in [0.717, 1.165) is 12.1 Å². The molecule has 0 spiro atoms. The number of hydrogen-bond donors (Lipinski definition) is 2. The summed E-state index contributed by atoms with van der Waals surface area (Å²) in [5.74, 6) is 2.58. The predicted molar refractivity (Wildman–Crippen MR) is 121 cm³/mol. The fourth-order valence-corrected chi connectivity index (χ4v) is 3.43. The molecule has 8 nitrogen and oxygen atoms in total. The molecule has 1 aliphatic carbocycles. The molecule has 1 amide bonds. The molecule has 1 aliphatic rings. The van der Waals surface area contributed by atoms with Crippen LogP contribution >= 0.6 is 12.2 Å². The van der Waals surface area contributed by atoms with Gasteiger partial charge in [-0.2, -0.15) is 0 Å². The second-order valence-corrected chi connectivity index (χ2v) is 7.70. The molecule has 31 heavy (non-hydrogen) atoms. The first kappa shape index (κ1) is 20.8. The molecule has 160 valence electrons. The Hall–Kier alpha value is -3.46. The Balaban J connectivity index is 1.46. The van der Waals surface area contributed by atoms with E-state index in [4.69, 9.17) is 26.4 Å². The molecule has 0 bridgehead atoms. The zero-order chi connectivity index (χ0) is 22.0. The Bertz CT molecular complexity index is 1140. The smallest absolute Gasteiger partial charge is 0.230 e. The molecule has 0 aliphatic heterocycles. The van der Waals surface area contributed by atoms with Crippen molar-refractivity contribution in [2.24, 2.45) is 11.8 Å². The number of carbonyl (C=O) groups is 1. The van der Waals surface area contributed by atoms with Crippen molar-refractivity contribution >= 4 is 39.8 Å². The standard InChI is InChI=1S/C22H22N4O4S/c1-12-8-15(12)20(27)26-22(31)25-13-4-6-14(7-5-13)30-21-16-9-18(28-2)19(29-3)10-17(16)23-11-24-21/h4-7,9-12,15H,8H2,1-3H3,(H2,25,26,27,31). The number of nitrogens with zero attached hydrogens (tertiary/aromatic N) is 2. The van der Waals surface area contributed by atoms with Gasteiger partial charge < -0.3 is 24.8 Å². The Morgan fingerprint density at radius 3 is 2.42 bits per heavy atom. The lowest BCUT2D eigenvalue weighted by molar-refractivity contribution is -0.121. The van der Waals surface area contributed by atoms with Crippen molar-refractivity contribution in [1.29, 1.82) is 0 Å². The summed E-state index contributed by atoms with van der Waals surface area (Å²) in [5.41, 5.74) is 1.41. The van der Waals surface area contributed by atoms with E-state index in [1.165, 1.54) is 6.33 Å². The molecule has 0 saturated heterocycles. The molecule has 2 aromatic carbocycles. The summed E-state index contributed by atoms with van der Waals surface area (Å²) in [7, 11) is 3.14. The molecular weight excluding hydrogens is 416 g/mol. The largest absolute Gasteiger partial charge is 0.493 e. The third-order valence-corrected chi connectivity index (χ3v) is 5.32. The van der Waals surface area contributed by atoms with Gasteiger partial charge in [-0.3, -0.25) is 4.79 Å². The van der Waals surface area contributed by atoms with Crippen LogP contribution in [0.5, 0.6) is 23.1 Å². The first-order valence-electron chi connectivity index (χ1n) is 9.75. The normalized spacial score (nSPS) is 17.0. The number of fused-ring (bicyclic) bond motifs is 1. The lowest BCUT2D eigenvalue weighted by atomic mass is 10.2. The average molecular weight is 439 g/mol. The SMILES string of the molecule is COc1cc2ncnc(Oc3ccc(NC(=S)NC(=O)C4CC4C)cc3)c2cc1OC. The fraction of sp³-hybridized carbons (Fsp3) is 0.273. The van der Waals surface area contributed by atoms with Gasteiger partial charge >= 0.3 is 0 Å². The van der Waals surface area contributed by atoms with Crippen molar-refractivity contribution in [3.8, 4) is 23.1 Å². The summed E-state index contributed by atoms with van der Waals surface area (Å²) in [5, 5.41) is 6.71. The van der Waals surface area contributed by atoms with Crippen LogP contribution in [0.3, 0.4) is 0 Å². The van der Waals surface area contributed by atoms with E-state index >= 15 is 0 Å². The van der Waals surface area contributed by atoms with Crippen molar-refractivity contribution in [2.45, 2.75) is 13.3 Å². The molecule has 2 unspecified atom stereocenters. The van der Waals surface area contributed by atoms with E-state index in [0.29, 0.717) is 39.9 Å². The van der Waals surface area contributed by atoms with Crippen molar-refractivity contribution in [1.82, 2.24) is 15.3 Å². The monoisotopic (exact) mass is 438 g/mol. The topological polar surface area (TPSA) is 94.6 Å². The Labute approximate surface area is 184 Å². The molecule has 1 aromatic heterocycles. The molecule has 9 heteroatoms. The summed E-state index contributed by atoms with van der Waals surface area (Å²) >= 11 is 5.22. The van der Waals surface area contributed by atoms with Gasteiger partial charge in [-0.15, -0.1) is 0 Å². The second kappa shape index (κ2) is 8.73. The number of thiocarbonyl (C=S) groups is 1. The van der Waals surface area contributed by atoms with Gasteiger partial charge in [-0.25, -0.2) is 9.97 Å². The highest BCUT2D eigenvalue weighted by Crippen LogP contribution is 2.38. The Morgan fingerprint density at radius 1 is 1.10 bits per heavy atom. The average Bonchev–Trinajstić information content (AvgIpc) is 3.51. The van der Waals surface area contributed by atoms with Crippen LogP contribution in [0.15, 0.2) is 42.7 Å². The van der Waals surface area contributed by atoms with Crippen LogP contribution in [0.2, 0.25) is 0 Å². The number of nitrogens with one attached hydrogen (secondary N) is 2. The van der Waals surface area contributed by atoms with Gasteiger partial charge in [0.2, 0.25) is 11.8 Å². The summed E-state index contributed by atoms with van der Waals surface area (Å²) in [4.78, 5) is 20.5. The van der Waals surface area contributed by atoms with Crippen molar-refractivity contribution in [3.05, 3.63) is 42.7 Å². The number of aromatic nitrogens is 2. The van der Waals surface area contributed by atoms with Crippen LogP contribution in [0.1, 0.15) is 13.3 Å². The quantitative estimate of drug-likeness (QED) is 0.560. The van der Waals surface area contributed by atoms with Gasteiger partial charge in [0.25, 0.3) is 0 Å². The highest BCUT2D eigenvalue weighted by Gasteiger charge is 2.39. The number of hydrogen-bond acceptors (Lipinski definition) is 7. The van der Waals surface area contributed by atoms with Gasteiger partial charge in [0, 0.05) is 17.7 Å². The van der Waals surface area contributed by atoms with Crippen LogP contribution < -0.4 is 24.8 Å². The van der Waals surface area contributed by atoms with E-state index < -0.39 is 0 Å². The van der Waals surface area contributed by atoms with E-state index in [1.807, 2.05) is 6.92 Å². The maximum Gasteiger partial charge on any atom is 0.230 e. The number of anilines is 1. The highest BCUT2D eigenvalue weighted by molar-refractivity contribution is 7.80. The van der Waals surface area contributed by atoms with Gasteiger partial charge in [-0.1, -0.05) is 6.92 Å². The first-order chi connectivity index (χ1) is 15.0. The predicted octanol–water partition coefficient (Wildman–Crippen LogP) is 3.91. The van der Waals surface area contributed by atoms with Crippen molar-refractivity contribution in [2.75, 3.05) is 19.5 Å². The van der Waals surface area contributed by atoms with Crippen LogP contribution in [0, 0.1) is 11.8 Å². The van der Waals surface area contributed by atoms with Crippen LogP contribution in [0.25, 0.3) is 10.9 Å². The molecule has 2 atom stereocenters. The molecule has 1 saturated carbocycles. The van der Waals surface area contributed by atoms with E-state index in [9.17, 15) is 4.79 Å². The number of rotatable bonds is 6. The van der Waals surface area contributed by atoms with Crippen LogP contribution in [0.4, 0.5) is 5.69 Å². The lowest BCUT2D eigenvalue weighted by Crippen LogP contribution is -2.35. The molecule has 0 radical (unpaired) electrons. The van der Waals surface area contributed by atoms with Crippen molar-refractivity contribution < 1.29 is 19.0 Å². The fourth-order valence-electron chi connectivity index (χ4n) is 3.21. The van der Waals surface area contributed by atoms with Gasteiger partial charge in [-0.05, 0) is 54.9 Å². The maximum atomic E-state index is 12.0. The minimum Gasteiger partial charge on any atom is -0.493 e. The molecule has 2 N–H and O–H groups in total. The summed E-state index contributed by atoms with van der Waals surface area (Å²) in [6.07, 6.45) is 2.35. The van der Waals surface area contributed by atoms with Crippen molar-refractivity contribution in [3.63, 3.8) is 0 Å². The molecule has 1 heterocycles. The number of amides is 1. The zero-order valence-electron chi connectivity index (χ0n) is 17.3. The third-order valence-electron chi connectivity index (χ3n) is 5.11. The molecular formula is C22H22N4O4S. The second-order valence-electron chi connectivity index (χ2n) is 7.29. The molecule has 4 rings (SSSR count). The lowest BCUT2D eigenvalue weighted by Gasteiger charge is -2.12. The minimum atomic E-state index is -0.0346. The summed E-state index contributed by atoms with van der Waals surface area (Å²) in [6.45, 7) is 2.05. The summed E-state index contributed by atoms with van der Waals surface area (Å²) < 4.78 is 16.7. The van der Waals surface area contributed by atoms with E-state index in [2.05, 4.69) is 20.6 Å². The number of ether oxygens (including phenoxy) is 3. The number of methoxy groups -OCH3 is 2. The van der Waals surface area contributed by atoms with Crippen LogP contribution in [-0.4, -0.2) is 35.2 Å². The third kappa shape index (κ3) is 4.66. The Kier molecular flexibility index (Phi) is 5.85. The van der Waals surface area contributed by atoms with Crippen LogP contribution in [-0.2, 0) is 4.79 Å². The number of benzene rings is 2. The number of carbonyl (C=O) groups excluding carboxylic acids is 1. The summed E-state index contributed by atoms with van der Waals surface area (Å²) in [6, 6.07) is 10.7. The first-order valence-corrected chi connectivity index (χ1v) is 10.2. The maximum absolute atomic E-state index is 12.0. The van der Waals surface area contributed by atoms with E-state index in [-0.39, 0.29) is 16.9 Å². The van der Waals surface area contributed by atoms with E-state index in [1.54, 1.807) is 50.6 Å². The Morgan fingerprint density at radius 2 is 1.77 bits per heavy atom. The van der Waals surface area contributed by atoms with Gasteiger partial charge in [0.15, 0.2) is 16.6 Å².